The third kappa shape index (κ3) is 8.83. The number of aliphatic hydroxyl groups excluding tert-OH is 3. The summed E-state index contributed by atoms with van der Waals surface area (Å²) in [5, 5.41) is 30.7. The van der Waals surface area contributed by atoms with Crippen molar-refractivity contribution in [2.24, 2.45) is 11.8 Å². The van der Waals surface area contributed by atoms with Crippen molar-refractivity contribution in [1.82, 2.24) is 0 Å². The summed E-state index contributed by atoms with van der Waals surface area (Å²) in [7, 11) is 1.34. The SMILES string of the molecule is COC(=O)CCCC=CCC1C(O)CC(O)[C@H]1C=CC(O)COc1cccc(C(F)(F)F)c1. The Kier molecular flexibility index (Phi) is 10.4. The van der Waals surface area contributed by atoms with Crippen LogP contribution in [0.2, 0.25) is 0 Å². The third-order valence-corrected chi connectivity index (χ3v) is 5.61. The van der Waals surface area contributed by atoms with Gasteiger partial charge in [0.15, 0.2) is 0 Å². The van der Waals surface area contributed by atoms with Crippen LogP contribution in [0.3, 0.4) is 0 Å². The van der Waals surface area contributed by atoms with E-state index in [-0.39, 0.29) is 36.6 Å². The molecule has 1 aromatic carbocycles. The van der Waals surface area contributed by atoms with Gasteiger partial charge in [-0.3, -0.25) is 4.79 Å². The number of hydrogen-bond donors (Lipinski definition) is 3. The molecule has 0 radical (unpaired) electrons. The zero-order valence-electron chi connectivity index (χ0n) is 18.4. The number of rotatable bonds is 11. The molecule has 0 bridgehead atoms. The van der Waals surface area contributed by atoms with Crippen LogP contribution >= 0.6 is 0 Å². The van der Waals surface area contributed by atoms with E-state index in [9.17, 15) is 33.3 Å². The molecule has 1 aromatic rings. The molecular weight excluding hydrogens is 441 g/mol. The number of aliphatic hydroxyl groups is 3. The zero-order valence-corrected chi connectivity index (χ0v) is 18.4. The average molecular weight is 473 g/mol. The molecule has 0 heterocycles. The van der Waals surface area contributed by atoms with E-state index < -0.39 is 30.1 Å². The molecule has 3 N–H and O–H groups in total. The van der Waals surface area contributed by atoms with Crippen molar-refractivity contribution in [3.8, 4) is 5.75 Å². The van der Waals surface area contributed by atoms with E-state index in [4.69, 9.17) is 4.74 Å². The molecule has 0 saturated heterocycles. The first-order chi connectivity index (χ1) is 15.6. The second-order valence-corrected chi connectivity index (χ2v) is 8.08. The fourth-order valence-electron chi connectivity index (χ4n) is 3.80. The van der Waals surface area contributed by atoms with E-state index in [1.807, 2.05) is 12.2 Å². The second kappa shape index (κ2) is 12.8. The normalized spacial score (nSPS) is 24.5. The largest absolute Gasteiger partial charge is 0.491 e. The van der Waals surface area contributed by atoms with E-state index in [0.29, 0.717) is 25.7 Å². The van der Waals surface area contributed by atoms with Gasteiger partial charge >= 0.3 is 12.1 Å². The fourth-order valence-corrected chi connectivity index (χ4v) is 3.80. The lowest BCUT2D eigenvalue weighted by atomic mass is 9.89. The molecule has 0 spiro atoms. The second-order valence-electron chi connectivity index (χ2n) is 8.08. The molecule has 33 heavy (non-hydrogen) atoms. The van der Waals surface area contributed by atoms with Crippen LogP contribution < -0.4 is 4.74 Å². The minimum Gasteiger partial charge on any atom is -0.491 e. The summed E-state index contributed by atoms with van der Waals surface area (Å²) in [4.78, 5) is 11.1. The maximum absolute atomic E-state index is 12.8. The molecule has 0 aromatic heterocycles. The highest BCUT2D eigenvalue weighted by Gasteiger charge is 2.39. The van der Waals surface area contributed by atoms with Gasteiger partial charge in [-0.05, 0) is 43.4 Å². The summed E-state index contributed by atoms with van der Waals surface area (Å²) in [6.45, 7) is -0.256. The van der Waals surface area contributed by atoms with Gasteiger partial charge in [-0.1, -0.05) is 30.4 Å². The highest BCUT2D eigenvalue weighted by molar-refractivity contribution is 5.69. The number of unbranched alkanes of at least 4 members (excludes halogenated alkanes) is 1. The summed E-state index contributed by atoms with van der Waals surface area (Å²) in [6.07, 6.45) is 2.21. The van der Waals surface area contributed by atoms with Crippen LogP contribution in [0.15, 0.2) is 48.6 Å². The number of halogens is 3. The molecule has 2 rings (SSSR count). The van der Waals surface area contributed by atoms with Gasteiger partial charge in [0.1, 0.15) is 18.5 Å². The smallest absolute Gasteiger partial charge is 0.416 e. The summed E-state index contributed by atoms with van der Waals surface area (Å²) < 4.78 is 48.2. The number of carbonyl (C=O) groups excluding carboxylic acids is 1. The van der Waals surface area contributed by atoms with E-state index >= 15 is 0 Å². The Balaban J connectivity index is 1.86. The monoisotopic (exact) mass is 472 g/mol. The molecule has 6 nitrogen and oxygen atoms in total. The minimum absolute atomic E-state index is 0.0104. The first kappa shape index (κ1) is 26.9. The Morgan fingerprint density at radius 2 is 2.00 bits per heavy atom. The Hall–Kier alpha value is -2.36. The summed E-state index contributed by atoms with van der Waals surface area (Å²) in [5.41, 5.74) is -0.839. The van der Waals surface area contributed by atoms with Crippen molar-refractivity contribution >= 4 is 5.97 Å². The van der Waals surface area contributed by atoms with Crippen LogP contribution in [-0.2, 0) is 15.7 Å². The van der Waals surface area contributed by atoms with Crippen molar-refractivity contribution in [2.75, 3.05) is 13.7 Å². The predicted molar refractivity (Wildman–Crippen MR) is 115 cm³/mol. The van der Waals surface area contributed by atoms with E-state index in [1.54, 1.807) is 6.08 Å². The summed E-state index contributed by atoms with van der Waals surface area (Å²) in [5.74, 6) is -0.907. The number of allylic oxidation sites excluding steroid dienone is 2. The molecule has 5 atom stereocenters. The topological polar surface area (TPSA) is 96.2 Å². The fraction of sp³-hybridized carbons (Fsp3) is 0.542. The van der Waals surface area contributed by atoms with Gasteiger partial charge in [-0.25, -0.2) is 0 Å². The lowest BCUT2D eigenvalue weighted by Crippen LogP contribution is -2.21. The maximum Gasteiger partial charge on any atom is 0.416 e. The van der Waals surface area contributed by atoms with Gasteiger partial charge in [0.25, 0.3) is 0 Å². The van der Waals surface area contributed by atoms with Crippen LogP contribution in [0.1, 0.15) is 37.7 Å². The number of carbonyl (C=O) groups is 1. The number of alkyl halides is 3. The number of esters is 1. The third-order valence-electron chi connectivity index (χ3n) is 5.61. The standard InChI is InChI=1S/C24H31F3O6/c1-32-23(31)10-5-3-2-4-9-19-20(22(30)14-21(19)29)12-11-17(28)15-33-18-8-6-7-16(13-18)24(25,26)27/h2,4,6-8,11-13,17,19-22,28-30H,3,5,9-10,14-15H2,1H3/t17?,19?,20-,21?,22?/m0/s1. The minimum atomic E-state index is -4.48. The maximum atomic E-state index is 12.8. The van der Waals surface area contributed by atoms with Gasteiger partial charge in [0.05, 0.1) is 24.9 Å². The van der Waals surface area contributed by atoms with Gasteiger partial charge in [0.2, 0.25) is 0 Å². The van der Waals surface area contributed by atoms with Crippen molar-refractivity contribution < 1.29 is 42.8 Å². The van der Waals surface area contributed by atoms with Crippen molar-refractivity contribution in [1.29, 1.82) is 0 Å². The predicted octanol–water partition coefficient (Wildman–Crippen LogP) is 3.65. The molecule has 1 fully saturated rings. The van der Waals surface area contributed by atoms with Gasteiger partial charge < -0.3 is 24.8 Å². The first-order valence-corrected chi connectivity index (χ1v) is 10.9. The molecule has 0 amide bonds. The van der Waals surface area contributed by atoms with E-state index in [1.165, 1.54) is 25.3 Å². The molecule has 1 saturated carbocycles. The molecule has 1 aliphatic rings. The highest BCUT2D eigenvalue weighted by atomic mass is 19.4. The van der Waals surface area contributed by atoms with E-state index in [0.717, 1.165) is 12.1 Å². The van der Waals surface area contributed by atoms with Crippen molar-refractivity contribution in [3.05, 3.63) is 54.1 Å². The molecule has 184 valence electrons. The van der Waals surface area contributed by atoms with Crippen LogP contribution in [-0.4, -0.2) is 53.3 Å². The number of methoxy groups -OCH3 is 1. The number of ether oxygens (including phenoxy) is 2. The number of hydrogen-bond acceptors (Lipinski definition) is 6. The number of benzene rings is 1. The lowest BCUT2D eigenvalue weighted by molar-refractivity contribution is -0.140. The Labute approximate surface area is 191 Å². The molecule has 9 heteroatoms. The Bertz CT molecular complexity index is 808. The molecular formula is C24H31F3O6. The zero-order chi connectivity index (χ0) is 24.4. The Morgan fingerprint density at radius 3 is 2.70 bits per heavy atom. The van der Waals surface area contributed by atoms with Gasteiger partial charge in [0, 0.05) is 18.8 Å². The van der Waals surface area contributed by atoms with Crippen LogP contribution in [0.4, 0.5) is 13.2 Å². The molecule has 1 aliphatic carbocycles. The quantitative estimate of drug-likeness (QED) is 0.259. The molecule has 4 unspecified atom stereocenters. The molecule has 0 aliphatic heterocycles. The lowest BCUT2D eigenvalue weighted by Gasteiger charge is -2.19. The average Bonchev–Trinajstić information content (AvgIpc) is 3.04. The van der Waals surface area contributed by atoms with Crippen LogP contribution in [0.5, 0.6) is 5.75 Å². The summed E-state index contributed by atoms with van der Waals surface area (Å²) in [6, 6.07) is 4.39. The van der Waals surface area contributed by atoms with Crippen LogP contribution in [0, 0.1) is 11.8 Å². The highest BCUT2D eigenvalue weighted by Crippen LogP contribution is 2.36. The van der Waals surface area contributed by atoms with Gasteiger partial charge in [-0.15, -0.1) is 0 Å². The van der Waals surface area contributed by atoms with Crippen LogP contribution in [0.25, 0.3) is 0 Å². The first-order valence-electron chi connectivity index (χ1n) is 10.9. The van der Waals surface area contributed by atoms with Crippen molar-refractivity contribution in [3.63, 3.8) is 0 Å². The van der Waals surface area contributed by atoms with Gasteiger partial charge in [-0.2, -0.15) is 13.2 Å². The van der Waals surface area contributed by atoms with E-state index in [2.05, 4.69) is 4.74 Å². The van der Waals surface area contributed by atoms with Crippen molar-refractivity contribution in [2.45, 2.75) is 56.6 Å². The summed E-state index contributed by atoms with van der Waals surface area (Å²) >= 11 is 0. The Morgan fingerprint density at radius 1 is 1.24 bits per heavy atom.